The standard InChI is InChI=1S/C16H19N3O/c17-16(18-20)13-19(11-14-7-3-1-4-8-14)12-15-9-5-2-6-10-15/h1-10,20H,11-13H2,(H2,17,18). The van der Waals surface area contributed by atoms with Crippen LogP contribution < -0.4 is 5.73 Å². The fourth-order valence-corrected chi connectivity index (χ4v) is 2.11. The Bertz CT molecular complexity index is 499. The maximum atomic E-state index is 8.75. The normalized spacial score (nSPS) is 11.8. The van der Waals surface area contributed by atoms with Crippen molar-refractivity contribution in [3.05, 3.63) is 71.8 Å². The molecule has 0 heterocycles. The second-order valence-corrected chi connectivity index (χ2v) is 4.71. The molecule has 0 fully saturated rings. The van der Waals surface area contributed by atoms with Gasteiger partial charge in [0.15, 0.2) is 5.84 Å². The maximum absolute atomic E-state index is 8.75. The van der Waals surface area contributed by atoms with Crippen LogP contribution in [0.2, 0.25) is 0 Å². The van der Waals surface area contributed by atoms with Gasteiger partial charge in [0.05, 0.1) is 6.54 Å². The molecule has 0 aliphatic rings. The lowest BCUT2D eigenvalue weighted by Crippen LogP contribution is -2.33. The van der Waals surface area contributed by atoms with E-state index in [2.05, 4.69) is 34.3 Å². The number of rotatable bonds is 6. The Kier molecular flexibility index (Phi) is 5.15. The zero-order valence-corrected chi connectivity index (χ0v) is 11.3. The van der Waals surface area contributed by atoms with E-state index in [-0.39, 0.29) is 5.84 Å². The molecule has 2 rings (SSSR count). The highest BCUT2D eigenvalue weighted by atomic mass is 16.4. The van der Waals surface area contributed by atoms with Crippen molar-refractivity contribution < 1.29 is 5.21 Å². The molecule has 0 aliphatic heterocycles. The minimum absolute atomic E-state index is 0.219. The van der Waals surface area contributed by atoms with Gasteiger partial charge >= 0.3 is 0 Å². The largest absolute Gasteiger partial charge is 0.409 e. The van der Waals surface area contributed by atoms with Gasteiger partial charge in [-0.2, -0.15) is 0 Å². The van der Waals surface area contributed by atoms with Gasteiger partial charge in [-0.05, 0) is 11.1 Å². The molecule has 0 aromatic heterocycles. The van der Waals surface area contributed by atoms with Crippen LogP contribution in [0.3, 0.4) is 0 Å². The van der Waals surface area contributed by atoms with Crippen molar-refractivity contribution in [2.24, 2.45) is 10.9 Å². The molecule has 3 N–H and O–H groups in total. The molecule has 20 heavy (non-hydrogen) atoms. The van der Waals surface area contributed by atoms with Gasteiger partial charge in [0.1, 0.15) is 0 Å². The number of hydrogen-bond donors (Lipinski definition) is 2. The van der Waals surface area contributed by atoms with Crippen LogP contribution in [0.4, 0.5) is 0 Å². The Morgan fingerprint density at radius 3 is 1.75 bits per heavy atom. The van der Waals surface area contributed by atoms with Crippen molar-refractivity contribution >= 4 is 5.84 Å². The first kappa shape index (κ1) is 14.1. The minimum Gasteiger partial charge on any atom is -0.409 e. The average molecular weight is 269 g/mol. The van der Waals surface area contributed by atoms with Crippen LogP contribution in [0.25, 0.3) is 0 Å². The SMILES string of the molecule is N/C(CN(Cc1ccccc1)Cc1ccccc1)=N\O. The fourth-order valence-electron chi connectivity index (χ4n) is 2.11. The first-order chi connectivity index (χ1) is 9.78. The Balaban J connectivity index is 2.08. The highest BCUT2D eigenvalue weighted by molar-refractivity contribution is 5.81. The van der Waals surface area contributed by atoms with E-state index in [0.717, 1.165) is 13.1 Å². The smallest absolute Gasteiger partial charge is 0.153 e. The van der Waals surface area contributed by atoms with Gasteiger partial charge in [0.25, 0.3) is 0 Å². The summed E-state index contributed by atoms with van der Waals surface area (Å²) in [6, 6.07) is 20.3. The Morgan fingerprint density at radius 2 is 1.35 bits per heavy atom. The molecular weight excluding hydrogens is 250 g/mol. The van der Waals surface area contributed by atoms with E-state index in [1.165, 1.54) is 11.1 Å². The quantitative estimate of drug-likeness (QED) is 0.366. The van der Waals surface area contributed by atoms with Crippen LogP contribution in [-0.4, -0.2) is 22.5 Å². The van der Waals surface area contributed by atoms with Crippen LogP contribution in [0.1, 0.15) is 11.1 Å². The lowest BCUT2D eigenvalue weighted by Gasteiger charge is -2.21. The molecule has 0 aliphatic carbocycles. The van der Waals surface area contributed by atoms with Crippen LogP contribution in [0.15, 0.2) is 65.8 Å². The second kappa shape index (κ2) is 7.31. The molecule has 104 valence electrons. The van der Waals surface area contributed by atoms with Crippen LogP contribution in [0.5, 0.6) is 0 Å². The van der Waals surface area contributed by atoms with Crippen LogP contribution >= 0.6 is 0 Å². The summed E-state index contributed by atoms with van der Waals surface area (Å²) in [7, 11) is 0. The number of amidine groups is 1. The third-order valence-electron chi connectivity index (χ3n) is 3.01. The summed E-state index contributed by atoms with van der Waals surface area (Å²) in [6.07, 6.45) is 0. The first-order valence-electron chi connectivity index (χ1n) is 6.54. The number of hydrogen-bond acceptors (Lipinski definition) is 3. The molecule has 0 amide bonds. The molecule has 0 unspecified atom stereocenters. The first-order valence-corrected chi connectivity index (χ1v) is 6.54. The van der Waals surface area contributed by atoms with Gasteiger partial charge in [0.2, 0.25) is 0 Å². The Hall–Kier alpha value is -2.33. The van der Waals surface area contributed by atoms with E-state index in [1.807, 2.05) is 36.4 Å². The molecule has 0 atom stereocenters. The van der Waals surface area contributed by atoms with Gasteiger partial charge in [-0.3, -0.25) is 4.90 Å². The van der Waals surface area contributed by atoms with Crippen molar-refractivity contribution in [1.29, 1.82) is 0 Å². The van der Waals surface area contributed by atoms with Crippen molar-refractivity contribution in [1.82, 2.24) is 4.90 Å². The highest BCUT2D eigenvalue weighted by Crippen LogP contribution is 2.09. The summed E-state index contributed by atoms with van der Waals surface area (Å²) in [4.78, 5) is 2.14. The molecule has 4 nitrogen and oxygen atoms in total. The number of nitrogens with zero attached hydrogens (tertiary/aromatic N) is 2. The van der Waals surface area contributed by atoms with Crippen molar-refractivity contribution in [3.8, 4) is 0 Å². The van der Waals surface area contributed by atoms with Gasteiger partial charge < -0.3 is 10.9 Å². The predicted molar refractivity (Wildman–Crippen MR) is 80.4 cm³/mol. The molecule has 0 spiro atoms. The summed E-state index contributed by atoms with van der Waals surface area (Å²) >= 11 is 0. The molecule has 4 heteroatoms. The van der Waals surface area contributed by atoms with Crippen molar-refractivity contribution in [2.45, 2.75) is 13.1 Å². The maximum Gasteiger partial charge on any atom is 0.153 e. The van der Waals surface area contributed by atoms with E-state index in [4.69, 9.17) is 10.9 Å². The highest BCUT2D eigenvalue weighted by Gasteiger charge is 2.09. The summed E-state index contributed by atoms with van der Waals surface area (Å²) in [6.45, 7) is 1.94. The van der Waals surface area contributed by atoms with Gasteiger partial charge in [-0.1, -0.05) is 65.8 Å². The number of benzene rings is 2. The van der Waals surface area contributed by atoms with E-state index in [0.29, 0.717) is 6.54 Å². The Morgan fingerprint density at radius 1 is 0.900 bits per heavy atom. The average Bonchev–Trinajstić information content (AvgIpc) is 2.49. The lowest BCUT2D eigenvalue weighted by atomic mass is 10.1. The molecule has 0 saturated heterocycles. The van der Waals surface area contributed by atoms with Crippen molar-refractivity contribution in [2.75, 3.05) is 6.54 Å². The number of nitrogens with two attached hydrogens (primary N) is 1. The second-order valence-electron chi connectivity index (χ2n) is 4.71. The number of oxime groups is 1. The zero-order valence-electron chi connectivity index (χ0n) is 11.3. The van der Waals surface area contributed by atoms with E-state index in [9.17, 15) is 0 Å². The Labute approximate surface area is 119 Å². The fraction of sp³-hybridized carbons (Fsp3) is 0.188. The summed E-state index contributed by atoms with van der Waals surface area (Å²) < 4.78 is 0. The predicted octanol–water partition coefficient (Wildman–Crippen LogP) is 2.44. The minimum atomic E-state index is 0.219. The van der Waals surface area contributed by atoms with E-state index < -0.39 is 0 Å². The summed E-state index contributed by atoms with van der Waals surface area (Å²) in [5.41, 5.74) is 8.05. The topological polar surface area (TPSA) is 61.8 Å². The molecule has 2 aromatic rings. The monoisotopic (exact) mass is 269 g/mol. The molecule has 0 radical (unpaired) electrons. The van der Waals surface area contributed by atoms with Gasteiger partial charge in [0, 0.05) is 13.1 Å². The van der Waals surface area contributed by atoms with Crippen LogP contribution in [0, 0.1) is 0 Å². The molecule has 0 bridgehead atoms. The van der Waals surface area contributed by atoms with E-state index in [1.54, 1.807) is 0 Å². The van der Waals surface area contributed by atoms with Gasteiger partial charge in [-0.15, -0.1) is 0 Å². The van der Waals surface area contributed by atoms with Crippen molar-refractivity contribution in [3.63, 3.8) is 0 Å². The van der Waals surface area contributed by atoms with Gasteiger partial charge in [-0.25, -0.2) is 0 Å². The third kappa shape index (κ3) is 4.40. The molecule has 2 aromatic carbocycles. The summed E-state index contributed by atoms with van der Waals surface area (Å²) in [5, 5.41) is 11.8. The van der Waals surface area contributed by atoms with E-state index >= 15 is 0 Å². The lowest BCUT2D eigenvalue weighted by molar-refractivity contribution is 0.279. The third-order valence-corrected chi connectivity index (χ3v) is 3.01. The molecular formula is C16H19N3O. The zero-order chi connectivity index (χ0) is 14.2. The molecule has 0 saturated carbocycles. The van der Waals surface area contributed by atoms with Crippen LogP contribution in [-0.2, 0) is 13.1 Å². The summed E-state index contributed by atoms with van der Waals surface area (Å²) in [5.74, 6) is 0.219.